The maximum atomic E-state index is 11.5. The van der Waals surface area contributed by atoms with E-state index < -0.39 is 0 Å². The van der Waals surface area contributed by atoms with Crippen LogP contribution in [0.3, 0.4) is 0 Å². The molecule has 3 nitrogen and oxygen atoms in total. The van der Waals surface area contributed by atoms with Crippen molar-refractivity contribution in [1.29, 1.82) is 0 Å². The third-order valence-electron chi connectivity index (χ3n) is 2.10. The molecule has 0 heterocycles. The second-order valence-electron chi connectivity index (χ2n) is 3.56. The predicted octanol–water partition coefficient (Wildman–Crippen LogP) is 1.95. The summed E-state index contributed by atoms with van der Waals surface area (Å²) in [6.07, 6.45) is 4.88. The van der Waals surface area contributed by atoms with Gasteiger partial charge in [-0.25, -0.2) is 0 Å². The van der Waals surface area contributed by atoms with Crippen LogP contribution < -0.4 is 0 Å². The molecule has 0 radical (unpaired) electrons. The minimum absolute atomic E-state index is 0.149. The molecule has 1 aliphatic carbocycles. The highest BCUT2D eigenvalue weighted by Crippen LogP contribution is 2.19. The zero-order chi connectivity index (χ0) is 11.4. The third-order valence-corrected chi connectivity index (χ3v) is 2.10. The molecule has 0 saturated heterocycles. The highest BCUT2D eigenvalue weighted by Gasteiger charge is 2.22. The molecule has 3 heteroatoms. The van der Waals surface area contributed by atoms with Gasteiger partial charge in [-0.2, -0.15) is 0 Å². The molecule has 0 atom stereocenters. The van der Waals surface area contributed by atoms with Crippen molar-refractivity contribution in [3.8, 4) is 0 Å². The van der Waals surface area contributed by atoms with Gasteiger partial charge in [0, 0.05) is 5.57 Å². The van der Waals surface area contributed by atoms with Crippen molar-refractivity contribution in [1.82, 2.24) is 0 Å². The lowest BCUT2D eigenvalue weighted by atomic mass is 9.98. The average Bonchev–Trinajstić information content (AvgIpc) is 2.19. The summed E-state index contributed by atoms with van der Waals surface area (Å²) < 4.78 is 4.95. The molecule has 0 unspecified atom stereocenters. The van der Waals surface area contributed by atoms with Crippen LogP contribution in [0.25, 0.3) is 0 Å². The largest absolute Gasteiger partial charge is 0.492 e. The molecular formula is C12H14O3. The van der Waals surface area contributed by atoms with Gasteiger partial charge in [-0.05, 0) is 32.4 Å². The summed E-state index contributed by atoms with van der Waals surface area (Å²) >= 11 is 0. The maximum absolute atomic E-state index is 11.5. The Kier molecular flexibility index (Phi) is 3.61. The monoisotopic (exact) mass is 206 g/mol. The molecule has 0 aromatic carbocycles. The lowest BCUT2D eigenvalue weighted by Crippen LogP contribution is -2.15. The minimum atomic E-state index is -0.241. The van der Waals surface area contributed by atoms with E-state index in [2.05, 4.69) is 0 Å². The highest BCUT2D eigenvalue weighted by molar-refractivity contribution is 6.19. The molecule has 1 rings (SSSR count). The van der Waals surface area contributed by atoms with E-state index in [9.17, 15) is 9.59 Å². The number of ketones is 2. The second-order valence-corrected chi connectivity index (χ2v) is 3.56. The number of carbonyl (C=O) groups is 2. The van der Waals surface area contributed by atoms with Crippen LogP contribution in [0.4, 0.5) is 0 Å². The number of methoxy groups -OCH3 is 1. The van der Waals surface area contributed by atoms with Gasteiger partial charge in [0.25, 0.3) is 0 Å². The van der Waals surface area contributed by atoms with E-state index in [0.29, 0.717) is 12.0 Å². The fourth-order valence-corrected chi connectivity index (χ4v) is 1.31. The molecule has 0 aromatic heterocycles. The average molecular weight is 206 g/mol. The zero-order valence-corrected chi connectivity index (χ0v) is 9.16. The van der Waals surface area contributed by atoms with Crippen LogP contribution in [0.1, 0.15) is 20.3 Å². The summed E-state index contributed by atoms with van der Waals surface area (Å²) in [5.74, 6) is -0.224. The van der Waals surface area contributed by atoms with Gasteiger partial charge in [0.2, 0.25) is 5.78 Å². The minimum Gasteiger partial charge on any atom is -0.492 e. The van der Waals surface area contributed by atoms with Crippen molar-refractivity contribution >= 4 is 11.6 Å². The standard InChI is InChI=1S/C12H14O3/c1-8(2)4-5-9-10(13)6-7-11(14)12(9)15-3/h4,6-7H,5H2,1-3H3. The molecule has 0 spiro atoms. The van der Waals surface area contributed by atoms with Gasteiger partial charge in [-0.15, -0.1) is 0 Å². The Bertz CT molecular complexity index is 380. The number of carbonyl (C=O) groups excluding carboxylic acids is 2. The van der Waals surface area contributed by atoms with Gasteiger partial charge in [0.1, 0.15) is 0 Å². The quantitative estimate of drug-likeness (QED) is 0.523. The Labute approximate surface area is 89.1 Å². The molecule has 0 amide bonds. The van der Waals surface area contributed by atoms with Crippen molar-refractivity contribution in [2.24, 2.45) is 0 Å². The summed E-state index contributed by atoms with van der Waals surface area (Å²) in [4.78, 5) is 22.9. The second kappa shape index (κ2) is 4.73. The van der Waals surface area contributed by atoms with Gasteiger partial charge in [0.15, 0.2) is 11.5 Å². The van der Waals surface area contributed by atoms with Gasteiger partial charge < -0.3 is 4.74 Å². The van der Waals surface area contributed by atoms with Crippen LogP contribution in [0.2, 0.25) is 0 Å². The lowest BCUT2D eigenvalue weighted by Gasteiger charge is -2.11. The van der Waals surface area contributed by atoms with E-state index >= 15 is 0 Å². The SMILES string of the molecule is COC1=C(CC=C(C)C)C(=O)C=CC1=O. The number of ether oxygens (including phenoxy) is 1. The Hall–Kier alpha value is -1.64. The first-order chi connectivity index (χ1) is 7.06. The van der Waals surface area contributed by atoms with E-state index in [4.69, 9.17) is 4.74 Å². The molecule has 1 aliphatic rings. The van der Waals surface area contributed by atoms with Crippen molar-refractivity contribution < 1.29 is 14.3 Å². The third kappa shape index (κ3) is 2.65. The fraction of sp³-hybridized carbons (Fsp3) is 0.333. The predicted molar refractivity (Wildman–Crippen MR) is 57.2 cm³/mol. The molecule has 0 bridgehead atoms. The molecule has 0 fully saturated rings. The number of hydrogen-bond acceptors (Lipinski definition) is 3. The van der Waals surface area contributed by atoms with Gasteiger partial charge in [-0.3, -0.25) is 9.59 Å². The summed E-state index contributed by atoms with van der Waals surface area (Å²) in [7, 11) is 1.40. The molecule has 0 saturated carbocycles. The normalized spacial score (nSPS) is 15.7. The molecule has 0 aliphatic heterocycles. The molecule has 80 valence electrons. The van der Waals surface area contributed by atoms with Crippen LogP contribution in [-0.4, -0.2) is 18.7 Å². The van der Waals surface area contributed by atoms with Crippen LogP contribution in [0, 0.1) is 0 Å². The van der Waals surface area contributed by atoms with E-state index in [-0.39, 0.29) is 17.3 Å². The van der Waals surface area contributed by atoms with E-state index in [0.717, 1.165) is 5.57 Å². The number of rotatable bonds is 3. The molecular weight excluding hydrogens is 192 g/mol. The summed E-state index contributed by atoms with van der Waals surface area (Å²) in [5, 5.41) is 0. The van der Waals surface area contributed by atoms with E-state index in [1.807, 2.05) is 19.9 Å². The first kappa shape index (κ1) is 11.4. The Morgan fingerprint density at radius 2 is 1.87 bits per heavy atom. The topological polar surface area (TPSA) is 43.4 Å². The zero-order valence-electron chi connectivity index (χ0n) is 9.16. The van der Waals surface area contributed by atoms with Crippen molar-refractivity contribution in [3.63, 3.8) is 0 Å². The fourth-order valence-electron chi connectivity index (χ4n) is 1.31. The first-order valence-electron chi connectivity index (χ1n) is 4.73. The Morgan fingerprint density at radius 1 is 1.27 bits per heavy atom. The van der Waals surface area contributed by atoms with Crippen LogP contribution >= 0.6 is 0 Å². The van der Waals surface area contributed by atoms with E-state index in [1.54, 1.807) is 0 Å². The molecule has 15 heavy (non-hydrogen) atoms. The van der Waals surface area contributed by atoms with E-state index in [1.165, 1.54) is 19.3 Å². The maximum Gasteiger partial charge on any atom is 0.220 e. The van der Waals surface area contributed by atoms with Crippen molar-refractivity contribution in [2.45, 2.75) is 20.3 Å². The molecule has 0 N–H and O–H groups in total. The summed E-state index contributed by atoms with van der Waals surface area (Å²) in [5.41, 5.74) is 1.54. The van der Waals surface area contributed by atoms with Crippen LogP contribution in [0.15, 0.2) is 35.1 Å². The lowest BCUT2D eigenvalue weighted by molar-refractivity contribution is -0.117. The Morgan fingerprint density at radius 3 is 2.40 bits per heavy atom. The van der Waals surface area contributed by atoms with Crippen molar-refractivity contribution in [2.75, 3.05) is 7.11 Å². The molecule has 0 aromatic rings. The smallest absolute Gasteiger partial charge is 0.220 e. The van der Waals surface area contributed by atoms with Crippen LogP contribution in [0.5, 0.6) is 0 Å². The van der Waals surface area contributed by atoms with Crippen molar-refractivity contribution in [3.05, 3.63) is 35.1 Å². The summed E-state index contributed by atoms with van der Waals surface area (Å²) in [6, 6.07) is 0. The van der Waals surface area contributed by atoms with Gasteiger partial charge in [0.05, 0.1) is 7.11 Å². The van der Waals surface area contributed by atoms with Crippen LogP contribution in [-0.2, 0) is 14.3 Å². The summed E-state index contributed by atoms with van der Waals surface area (Å²) in [6.45, 7) is 3.88. The van der Waals surface area contributed by atoms with Gasteiger partial charge >= 0.3 is 0 Å². The Balaban J connectivity index is 3.02. The first-order valence-corrected chi connectivity index (χ1v) is 4.73. The van der Waals surface area contributed by atoms with Gasteiger partial charge in [-0.1, -0.05) is 11.6 Å². The number of allylic oxidation sites excluding steroid dienone is 5. The highest BCUT2D eigenvalue weighted by atomic mass is 16.5. The number of hydrogen-bond donors (Lipinski definition) is 0.